The molecule has 1 saturated carbocycles. The van der Waals surface area contributed by atoms with Crippen LogP contribution in [0.3, 0.4) is 0 Å². The summed E-state index contributed by atoms with van der Waals surface area (Å²) in [5, 5.41) is 23.0. The minimum absolute atomic E-state index is 0.0117. The van der Waals surface area contributed by atoms with Crippen molar-refractivity contribution in [2.24, 2.45) is 11.7 Å². The molecule has 19 heavy (non-hydrogen) atoms. The first kappa shape index (κ1) is 14.0. The first-order valence-corrected chi connectivity index (χ1v) is 7.15. The lowest BCUT2D eigenvalue weighted by atomic mass is 9.82. The molecule has 1 aromatic rings. The number of rotatable bonds is 4. The molecule has 1 aliphatic carbocycles. The third-order valence-corrected chi connectivity index (χ3v) is 3.94. The SMILES string of the molecule is CCNc1ccc(O)c(O)c1CC1CCCC(N)C1. The molecule has 0 aliphatic heterocycles. The average molecular weight is 264 g/mol. The van der Waals surface area contributed by atoms with Crippen LogP contribution in [0.2, 0.25) is 0 Å². The van der Waals surface area contributed by atoms with E-state index >= 15 is 0 Å². The second kappa shape index (κ2) is 6.15. The highest BCUT2D eigenvalue weighted by Crippen LogP contribution is 2.38. The molecular formula is C15H24N2O2. The Hall–Kier alpha value is -1.42. The van der Waals surface area contributed by atoms with Gasteiger partial charge in [0.15, 0.2) is 11.5 Å². The molecule has 2 rings (SSSR count). The first-order valence-electron chi connectivity index (χ1n) is 7.15. The van der Waals surface area contributed by atoms with Gasteiger partial charge in [0, 0.05) is 23.8 Å². The van der Waals surface area contributed by atoms with Gasteiger partial charge in [-0.3, -0.25) is 0 Å². The van der Waals surface area contributed by atoms with E-state index in [0.29, 0.717) is 5.92 Å². The van der Waals surface area contributed by atoms with Crippen molar-refractivity contribution in [3.63, 3.8) is 0 Å². The molecule has 0 saturated heterocycles. The van der Waals surface area contributed by atoms with Crippen molar-refractivity contribution in [3.8, 4) is 11.5 Å². The fourth-order valence-corrected chi connectivity index (χ4v) is 2.99. The summed E-state index contributed by atoms with van der Waals surface area (Å²) in [6, 6.07) is 3.64. The van der Waals surface area contributed by atoms with Crippen LogP contribution < -0.4 is 11.1 Å². The molecule has 0 aromatic heterocycles. The lowest BCUT2D eigenvalue weighted by Crippen LogP contribution is -2.28. The number of hydrogen-bond donors (Lipinski definition) is 4. The van der Waals surface area contributed by atoms with E-state index in [1.807, 2.05) is 13.0 Å². The minimum Gasteiger partial charge on any atom is -0.504 e. The predicted molar refractivity (Wildman–Crippen MR) is 77.6 cm³/mol. The highest BCUT2D eigenvalue weighted by molar-refractivity contribution is 5.62. The molecule has 4 nitrogen and oxygen atoms in total. The number of phenolic OH excluding ortho intramolecular Hbond substituents is 2. The zero-order valence-electron chi connectivity index (χ0n) is 11.5. The second-order valence-corrected chi connectivity index (χ2v) is 5.49. The Kier molecular flexibility index (Phi) is 4.53. The van der Waals surface area contributed by atoms with E-state index < -0.39 is 0 Å². The third kappa shape index (κ3) is 3.32. The maximum absolute atomic E-state index is 10.1. The van der Waals surface area contributed by atoms with Gasteiger partial charge in [0.2, 0.25) is 0 Å². The molecule has 0 spiro atoms. The Bertz CT molecular complexity index is 434. The van der Waals surface area contributed by atoms with Crippen LogP contribution in [0.15, 0.2) is 12.1 Å². The van der Waals surface area contributed by atoms with Crippen LogP contribution in [-0.4, -0.2) is 22.8 Å². The van der Waals surface area contributed by atoms with Crippen molar-refractivity contribution in [2.45, 2.75) is 45.1 Å². The van der Waals surface area contributed by atoms with Gasteiger partial charge < -0.3 is 21.3 Å². The van der Waals surface area contributed by atoms with Crippen LogP contribution in [0, 0.1) is 5.92 Å². The Balaban J connectivity index is 2.19. The molecule has 0 heterocycles. The van der Waals surface area contributed by atoms with Gasteiger partial charge in [0.1, 0.15) is 0 Å². The number of nitrogens with two attached hydrogens (primary N) is 1. The van der Waals surface area contributed by atoms with Gasteiger partial charge in [-0.15, -0.1) is 0 Å². The normalized spacial score (nSPS) is 23.3. The van der Waals surface area contributed by atoms with Crippen LogP contribution >= 0.6 is 0 Å². The maximum Gasteiger partial charge on any atom is 0.162 e. The van der Waals surface area contributed by atoms with Crippen LogP contribution in [0.4, 0.5) is 5.69 Å². The van der Waals surface area contributed by atoms with E-state index in [1.54, 1.807) is 0 Å². The highest BCUT2D eigenvalue weighted by atomic mass is 16.3. The molecule has 1 fully saturated rings. The zero-order chi connectivity index (χ0) is 13.8. The second-order valence-electron chi connectivity index (χ2n) is 5.49. The molecule has 0 radical (unpaired) electrons. The number of anilines is 1. The minimum atomic E-state index is -0.0447. The first-order chi connectivity index (χ1) is 9.11. The van der Waals surface area contributed by atoms with E-state index in [4.69, 9.17) is 5.73 Å². The molecule has 106 valence electrons. The molecular weight excluding hydrogens is 240 g/mol. The Morgan fingerprint density at radius 1 is 1.32 bits per heavy atom. The van der Waals surface area contributed by atoms with Crippen molar-refractivity contribution in [1.82, 2.24) is 0 Å². The van der Waals surface area contributed by atoms with Crippen molar-refractivity contribution in [3.05, 3.63) is 17.7 Å². The number of benzene rings is 1. The Morgan fingerprint density at radius 2 is 2.11 bits per heavy atom. The van der Waals surface area contributed by atoms with E-state index in [2.05, 4.69) is 5.32 Å². The van der Waals surface area contributed by atoms with E-state index in [1.165, 1.54) is 6.07 Å². The Morgan fingerprint density at radius 3 is 2.79 bits per heavy atom. The van der Waals surface area contributed by atoms with Crippen molar-refractivity contribution in [2.75, 3.05) is 11.9 Å². The van der Waals surface area contributed by atoms with Gasteiger partial charge in [-0.05, 0) is 44.2 Å². The van der Waals surface area contributed by atoms with Crippen molar-refractivity contribution in [1.29, 1.82) is 0 Å². The topological polar surface area (TPSA) is 78.5 Å². The van der Waals surface area contributed by atoms with Gasteiger partial charge in [0.05, 0.1) is 0 Å². The van der Waals surface area contributed by atoms with Gasteiger partial charge in [0.25, 0.3) is 0 Å². The molecule has 4 heteroatoms. The summed E-state index contributed by atoms with van der Waals surface area (Å²) in [5.41, 5.74) is 7.75. The highest BCUT2D eigenvalue weighted by Gasteiger charge is 2.22. The van der Waals surface area contributed by atoms with E-state index in [9.17, 15) is 10.2 Å². The standard InChI is InChI=1S/C15H24N2O2/c1-2-17-13-6-7-14(18)15(19)12(13)9-10-4-3-5-11(16)8-10/h6-7,10-11,17-19H,2-5,8-9,16H2,1H3. The number of phenols is 2. The fraction of sp³-hybridized carbons (Fsp3) is 0.600. The maximum atomic E-state index is 10.1. The third-order valence-electron chi connectivity index (χ3n) is 3.94. The fourth-order valence-electron chi connectivity index (χ4n) is 2.99. The largest absolute Gasteiger partial charge is 0.504 e. The van der Waals surface area contributed by atoms with Crippen LogP contribution in [0.1, 0.15) is 38.2 Å². The molecule has 1 aromatic carbocycles. The summed E-state index contributed by atoms with van der Waals surface area (Å²) in [6.45, 7) is 2.81. The number of hydrogen-bond acceptors (Lipinski definition) is 4. The monoisotopic (exact) mass is 264 g/mol. The predicted octanol–water partition coefficient (Wildman–Crippen LogP) is 2.59. The summed E-state index contributed by atoms with van der Waals surface area (Å²) in [4.78, 5) is 0. The van der Waals surface area contributed by atoms with Gasteiger partial charge in [-0.25, -0.2) is 0 Å². The molecule has 2 unspecified atom stereocenters. The summed E-state index contributed by atoms with van der Waals surface area (Å²) >= 11 is 0. The molecule has 1 aliphatic rings. The number of nitrogens with one attached hydrogen (secondary N) is 1. The van der Waals surface area contributed by atoms with Crippen LogP contribution in [0.25, 0.3) is 0 Å². The van der Waals surface area contributed by atoms with Crippen molar-refractivity contribution >= 4 is 5.69 Å². The molecule has 2 atom stereocenters. The summed E-state index contributed by atoms with van der Waals surface area (Å²) in [5.74, 6) is 0.461. The van der Waals surface area contributed by atoms with Crippen LogP contribution in [0.5, 0.6) is 11.5 Å². The molecule has 0 amide bonds. The zero-order valence-corrected chi connectivity index (χ0v) is 11.5. The van der Waals surface area contributed by atoms with Gasteiger partial charge in [-0.1, -0.05) is 12.8 Å². The lowest BCUT2D eigenvalue weighted by Gasteiger charge is -2.27. The van der Waals surface area contributed by atoms with Crippen molar-refractivity contribution < 1.29 is 10.2 Å². The Labute approximate surface area is 114 Å². The molecule has 5 N–H and O–H groups in total. The molecule has 0 bridgehead atoms. The van der Waals surface area contributed by atoms with E-state index in [-0.39, 0.29) is 17.5 Å². The van der Waals surface area contributed by atoms with E-state index in [0.717, 1.165) is 49.9 Å². The number of aromatic hydroxyl groups is 2. The van der Waals surface area contributed by atoms with Gasteiger partial charge in [-0.2, -0.15) is 0 Å². The smallest absolute Gasteiger partial charge is 0.162 e. The average Bonchev–Trinajstić information content (AvgIpc) is 2.38. The van der Waals surface area contributed by atoms with Crippen LogP contribution in [-0.2, 0) is 6.42 Å². The summed E-state index contributed by atoms with van der Waals surface area (Å²) < 4.78 is 0. The lowest BCUT2D eigenvalue weighted by molar-refractivity contribution is 0.316. The summed E-state index contributed by atoms with van der Waals surface area (Å²) in [6.07, 6.45) is 5.18. The van der Waals surface area contributed by atoms with Gasteiger partial charge >= 0.3 is 0 Å². The quantitative estimate of drug-likeness (QED) is 0.498. The summed E-state index contributed by atoms with van der Waals surface area (Å²) in [7, 11) is 0.